The molecule has 8 nitrogen and oxygen atoms in total. The molecule has 2 N–H and O–H groups in total. The van der Waals surface area contributed by atoms with E-state index in [-0.39, 0.29) is 29.0 Å². The van der Waals surface area contributed by atoms with Gasteiger partial charge in [0.25, 0.3) is 5.56 Å². The van der Waals surface area contributed by atoms with Crippen LogP contribution in [0.15, 0.2) is 82.6 Å². The van der Waals surface area contributed by atoms with Crippen LogP contribution in [0.25, 0.3) is 22.4 Å². The Hall–Kier alpha value is -4.04. The number of nitrogens with zero attached hydrogens (tertiary/aromatic N) is 3. The summed E-state index contributed by atoms with van der Waals surface area (Å²) in [5.41, 5.74) is 3.22. The number of aromatic amines is 1. The Labute approximate surface area is 230 Å². The maximum absolute atomic E-state index is 13.3. The lowest BCUT2D eigenvalue weighted by atomic mass is 10.1. The molecule has 2 fully saturated rings. The van der Waals surface area contributed by atoms with Gasteiger partial charge >= 0.3 is 11.7 Å². The number of anilines is 1. The second-order valence-electron chi connectivity index (χ2n) is 10.4. The molecule has 2 aliphatic rings. The highest BCUT2D eigenvalue weighted by Gasteiger charge is 2.27. The molecule has 0 spiro atoms. The van der Waals surface area contributed by atoms with Gasteiger partial charge in [0.2, 0.25) is 0 Å². The van der Waals surface area contributed by atoms with Crippen LogP contribution in [0.5, 0.6) is 0 Å². The van der Waals surface area contributed by atoms with Crippen molar-refractivity contribution in [2.45, 2.75) is 38.3 Å². The summed E-state index contributed by atoms with van der Waals surface area (Å²) >= 11 is 6.45. The average molecular weight is 544 g/mol. The predicted molar refractivity (Wildman–Crippen MR) is 153 cm³/mol. The first-order valence-electron chi connectivity index (χ1n) is 13.4. The van der Waals surface area contributed by atoms with Gasteiger partial charge in [-0.05, 0) is 49.3 Å². The number of urea groups is 1. The predicted octanol–water partition coefficient (Wildman–Crippen LogP) is 5.60. The number of H-pyrrole nitrogens is 1. The molecular formula is C30H30ClN5O3. The number of hydrogen-bond acceptors (Lipinski definition) is 3. The highest BCUT2D eigenvalue weighted by atomic mass is 35.5. The summed E-state index contributed by atoms with van der Waals surface area (Å²) in [6.45, 7) is 1.59. The molecule has 200 valence electrons. The molecule has 2 amide bonds. The number of carbonyl (C=O) groups excluding carboxylic acids is 1. The molecule has 1 aliphatic heterocycles. The molecule has 2 aromatic heterocycles. The lowest BCUT2D eigenvalue weighted by Gasteiger charge is -2.32. The van der Waals surface area contributed by atoms with E-state index in [1.54, 1.807) is 20.1 Å². The topological polar surface area (TPSA) is 92.1 Å². The van der Waals surface area contributed by atoms with Crippen molar-refractivity contribution in [3.05, 3.63) is 98.9 Å². The number of imidazole rings is 1. The number of nitrogens with one attached hydrogen (secondary N) is 2. The highest BCUT2D eigenvalue weighted by molar-refractivity contribution is 6.33. The van der Waals surface area contributed by atoms with Crippen molar-refractivity contribution in [1.29, 1.82) is 0 Å². The third-order valence-corrected chi connectivity index (χ3v) is 7.97. The van der Waals surface area contributed by atoms with Gasteiger partial charge in [0.05, 0.1) is 5.69 Å². The van der Waals surface area contributed by atoms with Crippen LogP contribution in [-0.4, -0.2) is 38.1 Å². The normalized spacial score (nSPS) is 15.9. The van der Waals surface area contributed by atoms with Crippen molar-refractivity contribution in [2.24, 2.45) is 5.92 Å². The van der Waals surface area contributed by atoms with Crippen LogP contribution in [0.4, 0.5) is 10.5 Å². The number of pyridine rings is 1. The SMILES string of the molecule is O=C(Nc1cc(-c2ccccc2Cl)cn(CC2CC2)c1=O)N1CCC(n2cc(-c3ccccc3)[nH]c2=O)CC1. The number of rotatable bonds is 6. The molecule has 1 saturated heterocycles. The summed E-state index contributed by atoms with van der Waals surface area (Å²) in [6.07, 6.45) is 7.20. The molecule has 0 unspecified atom stereocenters. The first-order chi connectivity index (χ1) is 19.0. The average Bonchev–Trinajstić information content (AvgIpc) is 3.69. The molecule has 9 heteroatoms. The lowest BCUT2D eigenvalue weighted by molar-refractivity contribution is 0.183. The number of halogens is 1. The second kappa shape index (κ2) is 10.6. The van der Waals surface area contributed by atoms with E-state index in [9.17, 15) is 14.4 Å². The fourth-order valence-electron chi connectivity index (χ4n) is 5.27. The van der Waals surface area contributed by atoms with Crippen molar-refractivity contribution >= 4 is 23.3 Å². The molecule has 6 rings (SSSR count). The second-order valence-corrected chi connectivity index (χ2v) is 10.8. The fraction of sp³-hybridized carbons (Fsp3) is 0.300. The van der Waals surface area contributed by atoms with Crippen LogP contribution in [0, 0.1) is 5.92 Å². The van der Waals surface area contributed by atoms with E-state index in [2.05, 4.69) is 10.3 Å². The summed E-state index contributed by atoms with van der Waals surface area (Å²) in [4.78, 5) is 43.8. The van der Waals surface area contributed by atoms with Crippen molar-refractivity contribution in [1.82, 2.24) is 19.0 Å². The van der Waals surface area contributed by atoms with Gasteiger partial charge in [0.1, 0.15) is 5.69 Å². The zero-order valence-electron chi connectivity index (χ0n) is 21.5. The largest absolute Gasteiger partial charge is 0.326 e. The summed E-state index contributed by atoms with van der Waals surface area (Å²) in [7, 11) is 0. The minimum absolute atomic E-state index is 0.00502. The summed E-state index contributed by atoms with van der Waals surface area (Å²) < 4.78 is 3.43. The molecule has 1 aliphatic carbocycles. The molecule has 1 saturated carbocycles. The Morgan fingerprint density at radius 2 is 1.64 bits per heavy atom. The number of benzene rings is 2. The lowest BCUT2D eigenvalue weighted by Crippen LogP contribution is -2.43. The Kier molecular flexibility index (Phi) is 6.87. The zero-order chi connectivity index (χ0) is 26.9. The molecule has 39 heavy (non-hydrogen) atoms. The van der Waals surface area contributed by atoms with Gasteiger partial charge in [-0.3, -0.25) is 9.36 Å². The Morgan fingerprint density at radius 3 is 2.36 bits per heavy atom. The van der Waals surface area contributed by atoms with Crippen LogP contribution in [-0.2, 0) is 6.54 Å². The van der Waals surface area contributed by atoms with E-state index in [1.807, 2.05) is 67.0 Å². The Bertz CT molecular complexity index is 1610. The quantitative estimate of drug-likeness (QED) is 0.331. The van der Waals surface area contributed by atoms with E-state index in [0.717, 1.165) is 35.2 Å². The van der Waals surface area contributed by atoms with Crippen LogP contribution < -0.4 is 16.6 Å². The molecule has 3 heterocycles. The van der Waals surface area contributed by atoms with Gasteiger partial charge in [0.15, 0.2) is 0 Å². The van der Waals surface area contributed by atoms with Crippen LogP contribution in [0.2, 0.25) is 5.02 Å². The molecule has 0 bridgehead atoms. The Balaban J connectivity index is 1.17. The third-order valence-electron chi connectivity index (χ3n) is 7.64. The zero-order valence-corrected chi connectivity index (χ0v) is 22.2. The minimum atomic E-state index is -0.314. The monoisotopic (exact) mass is 543 g/mol. The number of piperidine rings is 1. The number of amides is 2. The molecule has 2 aromatic carbocycles. The number of aromatic nitrogens is 3. The van der Waals surface area contributed by atoms with Gasteiger partial charge < -0.3 is 19.8 Å². The van der Waals surface area contributed by atoms with Crippen LogP contribution in [0.3, 0.4) is 0 Å². The molecule has 4 aromatic rings. The van der Waals surface area contributed by atoms with E-state index in [4.69, 9.17) is 11.6 Å². The van der Waals surface area contributed by atoms with Crippen molar-refractivity contribution in [2.75, 3.05) is 18.4 Å². The molecule has 0 radical (unpaired) electrons. The first kappa shape index (κ1) is 25.2. The standard InChI is InChI=1S/C30H30ClN5O3/c31-25-9-5-4-8-24(25)22-16-26(28(37)35(18-22)17-20-10-11-20)32-29(38)34-14-12-23(13-15-34)36-19-27(33-30(36)39)21-6-2-1-3-7-21/h1-9,16,18-20,23H,10-15,17H2,(H,32,38)(H,33,39). The van der Waals surface area contributed by atoms with Crippen LogP contribution in [0.1, 0.15) is 31.7 Å². The minimum Gasteiger partial charge on any atom is -0.324 e. The van der Waals surface area contributed by atoms with E-state index < -0.39 is 0 Å². The summed E-state index contributed by atoms with van der Waals surface area (Å²) in [5.74, 6) is 0.492. The van der Waals surface area contributed by atoms with Gasteiger partial charge in [-0.15, -0.1) is 0 Å². The molecular weight excluding hydrogens is 514 g/mol. The third kappa shape index (κ3) is 5.43. The number of carbonyl (C=O) groups is 1. The maximum Gasteiger partial charge on any atom is 0.326 e. The maximum atomic E-state index is 13.3. The summed E-state index contributed by atoms with van der Waals surface area (Å²) in [6, 6.07) is 18.6. The smallest absolute Gasteiger partial charge is 0.324 e. The van der Waals surface area contributed by atoms with Crippen molar-refractivity contribution in [3.63, 3.8) is 0 Å². The van der Waals surface area contributed by atoms with Crippen molar-refractivity contribution in [3.8, 4) is 22.4 Å². The summed E-state index contributed by atoms with van der Waals surface area (Å²) in [5, 5.41) is 3.46. The first-order valence-corrected chi connectivity index (χ1v) is 13.8. The van der Waals surface area contributed by atoms with Gasteiger partial charge in [-0.2, -0.15) is 0 Å². The van der Waals surface area contributed by atoms with E-state index >= 15 is 0 Å². The van der Waals surface area contributed by atoms with Gasteiger partial charge in [-0.25, -0.2) is 9.59 Å². The fourth-order valence-corrected chi connectivity index (χ4v) is 5.51. The highest BCUT2D eigenvalue weighted by Crippen LogP contribution is 2.32. The van der Waals surface area contributed by atoms with Gasteiger partial charge in [-0.1, -0.05) is 60.1 Å². The number of hydrogen-bond donors (Lipinski definition) is 2. The van der Waals surface area contributed by atoms with E-state index in [1.165, 1.54) is 0 Å². The van der Waals surface area contributed by atoms with Gasteiger partial charge in [0, 0.05) is 54.2 Å². The van der Waals surface area contributed by atoms with Crippen LogP contribution >= 0.6 is 11.6 Å². The van der Waals surface area contributed by atoms with Crippen molar-refractivity contribution < 1.29 is 4.79 Å². The molecule has 0 atom stereocenters. The van der Waals surface area contributed by atoms with E-state index in [0.29, 0.717) is 43.4 Å². The Morgan fingerprint density at radius 1 is 0.923 bits per heavy atom. The number of likely N-dealkylation sites (tertiary alicyclic amines) is 1.